The van der Waals surface area contributed by atoms with Crippen LogP contribution in [0.1, 0.15) is 6.42 Å². The number of nitrogens with zero attached hydrogens (tertiary/aromatic N) is 1. The van der Waals surface area contributed by atoms with Gasteiger partial charge >= 0.3 is 7.75 Å². The summed E-state index contributed by atoms with van der Waals surface area (Å²) in [5.41, 5.74) is 0. The minimum atomic E-state index is -3.07. The van der Waals surface area contributed by atoms with Crippen LogP contribution in [0.15, 0.2) is 0 Å². The van der Waals surface area contributed by atoms with Crippen molar-refractivity contribution in [1.82, 2.24) is 4.67 Å². The van der Waals surface area contributed by atoms with Gasteiger partial charge in [-0.25, -0.2) is 9.24 Å². The highest BCUT2D eigenvalue weighted by Crippen LogP contribution is 2.53. The van der Waals surface area contributed by atoms with Gasteiger partial charge in [0.15, 0.2) is 0 Å². The van der Waals surface area contributed by atoms with Gasteiger partial charge in [0.05, 0.1) is 0 Å². The van der Waals surface area contributed by atoms with Crippen LogP contribution in [0.3, 0.4) is 0 Å². The Morgan fingerprint density at radius 2 is 2.50 bits per heavy atom. The van der Waals surface area contributed by atoms with Crippen LogP contribution in [0.25, 0.3) is 0 Å². The lowest BCUT2D eigenvalue weighted by Crippen LogP contribution is -2.30. The molecule has 12 heavy (non-hydrogen) atoms. The summed E-state index contributed by atoms with van der Waals surface area (Å²) in [4.78, 5) is 0. The van der Waals surface area contributed by atoms with Crippen molar-refractivity contribution in [2.24, 2.45) is 0 Å². The van der Waals surface area contributed by atoms with E-state index < -0.39 is 7.75 Å². The van der Waals surface area contributed by atoms with Crippen molar-refractivity contribution < 1.29 is 13.6 Å². The highest BCUT2D eigenvalue weighted by molar-refractivity contribution is 7.51. The van der Waals surface area contributed by atoms with E-state index >= 15 is 0 Å². The molecule has 0 N–H and O–H groups in total. The number of terminal acetylenes is 1. The second-order valence-corrected chi connectivity index (χ2v) is 4.78. The summed E-state index contributed by atoms with van der Waals surface area (Å²) in [6.45, 7) is 0.639. The summed E-state index contributed by atoms with van der Waals surface area (Å²) in [6, 6.07) is 0. The van der Waals surface area contributed by atoms with Gasteiger partial charge in [0, 0.05) is 13.7 Å². The van der Waals surface area contributed by atoms with E-state index in [1.807, 2.05) is 0 Å². The van der Waals surface area contributed by atoms with E-state index in [-0.39, 0.29) is 6.10 Å². The zero-order valence-electron chi connectivity index (χ0n) is 7.19. The molecule has 5 heteroatoms. The van der Waals surface area contributed by atoms with E-state index in [4.69, 9.17) is 15.5 Å². The molecule has 1 aliphatic rings. The molecule has 0 aromatic heterocycles. The number of hydrogen-bond donors (Lipinski definition) is 0. The normalized spacial score (nSPS) is 37.6. The molecule has 68 valence electrons. The van der Waals surface area contributed by atoms with Crippen molar-refractivity contribution in [3.8, 4) is 12.3 Å². The predicted octanol–water partition coefficient (Wildman–Crippen LogP) is 1.09. The Kier molecular flexibility index (Phi) is 2.92. The lowest BCUT2D eigenvalue weighted by molar-refractivity contribution is 0.121. The first-order chi connectivity index (χ1) is 5.62. The maximum Gasteiger partial charge on any atom is 0.408 e. The molecule has 0 bridgehead atoms. The van der Waals surface area contributed by atoms with Gasteiger partial charge in [0.2, 0.25) is 0 Å². The zero-order valence-corrected chi connectivity index (χ0v) is 8.08. The standard InChI is InChI=1S/C7H12NO3P/c1-4-7-5-6-8(2)12(9,10-3)11-7/h1,7H,5-6H2,2-3H3. The van der Waals surface area contributed by atoms with Gasteiger partial charge in [0.1, 0.15) is 6.10 Å². The molecule has 0 saturated carbocycles. The predicted molar refractivity (Wildman–Crippen MR) is 45.6 cm³/mol. The Hall–Kier alpha value is -0.330. The van der Waals surface area contributed by atoms with E-state index in [1.54, 1.807) is 11.7 Å². The lowest BCUT2D eigenvalue weighted by atomic mass is 10.3. The second-order valence-electron chi connectivity index (χ2n) is 2.58. The second kappa shape index (κ2) is 3.59. The van der Waals surface area contributed by atoms with Gasteiger partial charge in [-0.05, 0) is 13.5 Å². The molecule has 0 radical (unpaired) electrons. The number of hydrogen-bond acceptors (Lipinski definition) is 3. The van der Waals surface area contributed by atoms with Crippen molar-refractivity contribution in [3.05, 3.63) is 0 Å². The summed E-state index contributed by atoms with van der Waals surface area (Å²) >= 11 is 0. The van der Waals surface area contributed by atoms with Crippen molar-refractivity contribution in [2.45, 2.75) is 12.5 Å². The zero-order chi connectivity index (χ0) is 9.19. The van der Waals surface area contributed by atoms with Crippen LogP contribution < -0.4 is 0 Å². The van der Waals surface area contributed by atoms with Crippen LogP contribution in [0.4, 0.5) is 0 Å². The molecule has 1 fully saturated rings. The molecule has 0 aliphatic carbocycles. The van der Waals surface area contributed by atoms with E-state index in [0.717, 1.165) is 0 Å². The molecular weight excluding hydrogens is 177 g/mol. The van der Waals surface area contributed by atoms with Gasteiger partial charge in [-0.2, -0.15) is 0 Å². The lowest BCUT2D eigenvalue weighted by Gasteiger charge is -2.32. The topological polar surface area (TPSA) is 38.8 Å². The van der Waals surface area contributed by atoms with E-state index in [0.29, 0.717) is 13.0 Å². The van der Waals surface area contributed by atoms with Gasteiger partial charge in [0.25, 0.3) is 0 Å². The molecule has 2 unspecified atom stereocenters. The summed E-state index contributed by atoms with van der Waals surface area (Å²) in [5, 5.41) is 0. The molecule has 4 nitrogen and oxygen atoms in total. The van der Waals surface area contributed by atoms with Crippen LogP contribution >= 0.6 is 7.75 Å². The summed E-state index contributed by atoms with van der Waals surface area (Å²) in [6.07, 6.45) is 5.47. The highest BCUT2D eigenvalue weighted by Gasteiger charge is 2.36. The van der Waals surface area contributed by atoms with Gasteiger partial charge in [-0.3, -0.25) is 9.05 Å². The Balaban J connectivity index is 2.73. The van der Waals surface area contributed by atoms with Gasteiger partial charge in [-0.1, -0.05) is 5.92 Å². The van der Waals surface area contributed by atoms with Crippen LogP contribution in [-0.4, -0.2) is 31.5 Å². The van der Waals surface area contributed by atoms with Crippen LogP contribution in [0.5, 0.6) is 0 Å². The van der Waals surface area contributed by atoms with Crippen LogP contribution in [-0.2, 0) is 13.6 Å². The van der Waals surface area contributed by atoms with Gasteiger partial charge in [-0.15, -0.1) is 6.42 Å². The molecular formula is C7H12NO3P. The molecule has 0 amide bonds. The monoisotopic (exact) mass is 189 g/mol. The van der Waals surface area contributed by atoms with Crippen LogP contribution in [0, 0.1) is 12.3 Å². The molecule has 0 aromatic carbocycles. The minimum Gasteiger partial charge on any atom is -0.300 e. The maximum absolute atomic E-state index is 11.7. The fourth-order valence-corrected chi connectivity index (χ4v) is 2.39. The van der Waals surface area contributed by atoms with E-state index in [2.05, 4.69) is 5.92 Å². The fourth-order valence-electron chi connectivity index (χ4n) is 1.02. The largest absolute Gasteiger partial charge is 0.408 e. The van der Waals surface area contributed by atoms with Crippen molar-refractivity contribution in [2.75, 3.05) is 20.7 Å². The summed E-state index contributed by atoms with van der Waals surface area (Å²) < 4.78 is 23.1. The smallest absolute Gasteiger partial charge is 0.300 e. The van der Waals surface area contributed by atoms with E-state index in [9.17, 15) is 4.57 Å². The fraction of sp³-hybridized carbons (Fsp3) is 0.714. The summed E-state index contributed by atoms with van der Waals surface area (Å²) in [5.74, 6) is 2.41. The highest BCUT2D eigenvalue weighted by atomic mass is 31.2. The first kappa shape index (κ1) is 9.76. The average molecular weight is 189 g/mol. The van der Waals surface area contributed by atoms with Gasteiger partial charge < -0.3 is 0 Å². The Bertz CT molecular complexity index is 248. The molecule has 0 aromatic rings. The third-order valence-corrected chi connectivity index (χ3v) is 3.83. The van der Waals surface area contributed by atoms with Crippen LogP contribution in [0.2, 0.25) is 0 Å². The minimum absolute atomic E-state index is 0.382. The van der Waals surface area contributed by atoms with Crippen molar-refractivity contribution >= 4 is 7.75 Å². The molecule has 0 spiro atoms. The third-order valence-electron chi connectivity index (χ3n) is 1.81. The molecule has 1 aliphatic heterocycles. The van der Waals surface area contributed by atoms with E-state index in [1.165, 1.54) is 7.11 Å². The van der Waals surface area contributed by atoms with Crippen molar-refractivity contribution in [1.29, 1.82) is 0 Å². The SMILES string of the molecule is C#CC1CCN(C)P(=O)(OC)O1. The molecule has 1 heterocycles. The Morgan fingerprint density at radius 1 is 1.83 bits per heavy atom. The number of rotatable bonds is 1. The average Bonchev–Trinajstić information content (AvgIpc) is 2.10. The summed E-state index contributed by atoms with van der Waals surface area (Å²) in [7, 11) is -0.0184. The van der Waals surface area contributed by atoms with Crippen molar-refractivity contribution in [3.63, 3.8) is 0 Å². The molecule has 1 saturated heterocycles. The maximum atomic E-state index is 11.7. The Labute approximate surface area is 72.4 Å². The molecule has 2 atom stereocenters. The first-order valence-corrected chi connectivity index (χ1v) is 5.14. The Morgan fingerprint density at radius 3 is 3.00 bits per heavy atom. The third kappa shape index (κ3) is 1.70. The molecule has 1 rings (SSSR count). The quantitative estimate of drug-likeness (QED) is 0.457. The first-order valence-electron chi connectivity index (χ1n) is 3.64.